The maximum absolute atomic E-state index is 14.1. The molecule has 1 rings (SSSR count). The fourth-order valence-electron chi connectivity index (χ4n) is 2.34. The molecule has 0 aliphatic carbocycles. The van der Waals surface area contributed by atoms with Gasteiger partial charge in [0, 0.05) is 12.6 Å². The van der Waals surface area contributed by atoms with Crippen LogP contribution in [0.25, 0.3) is 0 Å². The van der Waals surface area contributed by atoms with Crippen LogP contribution in [-0.2, 0) is 0 Å². The molecule has 4 heteroatoms. The SMILES string of the molecule is CCC(CC)N(CC(C)C)C(=O)c1cccc(Br)c1F. The third kappa shape index (κ3) is 4.05. The monoisotopic (exact) mass is 343 g/mol. The molecule has 2 nitrogen and oxygen atoms in total. The van der Waals surface area contributed by atoms with Gasteiger partial charge in [0.25, 0.3) is 5.91 Å². The Kier molecular flexibility index (Phi) is 6.66. The molecule has 0 radical (unpaired) electrons. The Balaban J connectivity index is 3.12. The molecule has 0 N–H and O–H groups in total. The van der Waals surface area contributed by atoms with Gasteiger partial charge in [-0.05, 0) is 46.8 Å². The second-order valence-electron chi connectivity index (χ2n) is 5.42. The number of hydrogen-bond donors (Lipinski definition) is 0. The predicted molar refractivity (Wildman–Crippen MR) is 84.3 cm³/mol. The van der Waals surface area contributed by atoms with E-state index in [1.54, 1.807) is 18.2 Å². The number of benzene rings is 1. The van der Waals surface area contributed by atoms with Gasteiger partial charge < -0.3 is 4.90 Å². The third-order valence-corrected chi connectivity index (χ3v) is 4.00. The molecule has 0 saturated heterocycles. The fraction of sp³-hybridized carbons (Fsp3) is 0.562. The lowest BCUT2D eigenvalue weighted by molar-refractivity contribution is 0.0635. The van der Waals surface area contributed by atoms with E-state index in [0.29, 0.717) is 16.9 Å². The normalized spacial score (nSPS) is 11.2. The molecule has 1 amide bonds. The number of carbonyl (C=O) groups is 1. The first-order chi connectivity index (χ1) is 9.42. The summed E-state index contributed by atoms with van der Waals surface area (Å²) in [6.45, 7) is 8.91. The van der Waals surface area contributed by atoms with Gasteiger partial charge in [-0.3, -0.25) is 4.79 Å². The number of rotatable bonds is 6. The highest BCUT2D eigenvalue weighted by atomic mass is 79.9. The maximum Gasteiger partial charge on any atom is 0.257 e. The summed E-state index contributed by atoms with van der Waals surface area (Å²) < 4.78 is 14.5. The highest BCUT2D eigenvalue weighted by Crippen LogP contribution is 2.22. The summed E-state index contributed by atoms with van der Waals surface area (Å²) in [7, 11) is 0. The summed E-state index contributed by atoms with van der Waals surface area (Å²) in [5, 5.41) is 0. The zero-order valence-electron chi connectivity index (χ0n) is 12.6. The average molecular weight is 344 g/mol. The number of carbonyl (C=O) groups excluding carboxylic acids is 1. The topological polar surface area (TPSA) is 20.3 Å². The first-order valence-corrected chi connectivity index (χ1v) is 7.96. The molecule has 112 valence electrons. The molecule has 0 atom stereocenters. The van der Waals surface area contributed by atoms with Gasteiger partial charge in [0.15, 0.2) is 0 Å². The Hall–Kier alpha value is -0.900. The summed E-state index contributed by atoms with van der Waals surface area (Å²) in [5.74, 6) is -0.335. The van der Waals surface area contributed by atoms with Crippen molar-refractivity contribution in [2.75, 3.05) is 6.54 Å². The van der Waals surface area contributed by atoms with E-state index in [-0.39, 0.29) is 17.5 Å². The first-order valence-electron chi connectivity index (χ1n) is 7.17. The maximum atomic E-state index is 14.1. The second-order valence-corrected chi connectivity index (χ2v) is 6.28. The summed E-state index contributed by atoms with van der Waals surface area (Å²) in [4.78, 5) is 14.5. The number of amides is 1. The Bertz CT molecular complexity index is 458. The van der Waals surface area contributed by atoms with Crippen LogP contribution in [0, 0.1) is 11.7 Å². The van der Waals surface area contributed by atoms with E-state index in [4.69, 9.17) is 0 Å². The lowest BCUT2D eigenvalue weighted by atomic mass is 10.0. The van der Waals surface area contributed by atoms with Crippen molar-refractivity contribution in [3.63, 3.8) is 0 Å². The molecular formula is C16H23BrFNO. The molecule has 0 aliphatic heterocycles. The summed E-state index contributed by atoms with van der Waals surface area (Å²) in [6, 6.07) is 5.01. The molecule has 0 saturated carbocycles. The Labute approximate surface area is 129 Å². The van der Waals surface area contributed by atoms with E-state index < -0.39 is 5.82 Å². The molecular weight excluding hydrogens is 321 g/mol. The van der Waals surface area contributed by atoms with Gasteiger partial charge in [-0.15, -0.1) is 0 Å². The summed E-state index contributed by atoms with van der Waals surface area (Å²) >= 11 is 3.14. The van der Waals surface area contributed by atoms with Gasteiger partial charge in [-0.1, -0.05) is 33.8 Å². The molecule has 0 aromatic heterocycles. The van der Waals surface area contributed by atoms with E-state index in [0.717, 1.165) is 12.8 Å². The van der Waals surface area contributed by atoms with Crippen LogP contribution in [0.15, 0.2) is 22.7 Å². The van der Waals surface area contributed by atoms with Crippen LogP contribution in [0.3, 0.4) is 0 Å². The Morgan fingerprint density at radius 1 is 1.30 bits per heavy atom. The Morgan fingerprint density at radius 3 is 2.40 bits per heavy atom. The van der Waals surface area contributed by atoms with Crippen molar-refractivity contribution in [2.45, 2.75) is 46.6 Å². The Morgan fingerprint density at radius 2 is 1.90 bits per heavy atom. The van der Waals surface area contributed by atoms with Crippen LogP contribution in [-0.4, -0.2) is 23.4 Å². The van der Waals surface area contributed by atoms with Crippen molar-refractivity contribution in [1.29, 1.82) is 0 Å². The summed E-state index contributed by atoms with van der Waals surface area (Å²) in [5.41, 5.74) is 0.145. The molecule has 0 unspecified atom stereocenters. The van der Waals surface area contributed by atoms with Crippen LogP contribution in [0.2, 0.25) is 0 Å². The largest absolute Gasteiger partial charge is 0.335 e. The van der Waals surface area contributed by atoms with Gasteiger partial charge >= 0.3 is 0 Å². The minimum Gasteiger partial charge on any atom is -0.335 e. The zero-order chi connectivity index (χ0) is 15.3. The fourth-order valence-corrected chi connectivity index (χ4v) is 2.71. The van der Waals surface area contributed by atoms with Gasteiger partial charge in [-0.2, -0.15) is 0 Å². The van der Waals surface area contributed by atoms with Gasteiger partial charge in [0.2, 0.25) is 0 Å². The van der Waals surface area contributed by atoms with Crippen LogP contribution in [0.5, 0.6) is 0 Å². The molecule has 0 bridgehead atoms. The van der Waals surface area contributed by atoms with E-state index in [9.17, 15) is 9.18 Å². The highest BCUT2D eigenvalue weighted by Gasteiger charge is 2.25. The van der Waals surface area contributed by atoms with E-state index in [1.807, 2.05) is 4.90 Å². The first kappa shape index (κ1) is 17.2. The van der Waals surface area contributed by atoms with Crippen molar-refractivity contribution in [1.82, 2.24) is 4.90 Å². The van der Waals surface area contributed by atoms with Crippen LogP contribution < -0.4 is 0 Å². The van der Waals surface area contributed by atoms with Crippen molar-refractivity contribution in [3.05, 3.63) is 34.1 Å². The predicted octanol–water partition coefficient (Wildman–Crippen LogP) is 4.88. The molecule has 0 fully saturated rings. The third-order valence-electron chi connectivity index (χ3n) is 3.39. The quantitative estimate of drug-likeness (QED) is 0.721. The van der Waals surface area contributed by atoms with E-state index >= 15 is 0 Å². The molecule has 0 heterocycles. The zero-order valence-corrected chi connectivity index (χ0v) is 14.2. The molecule has 1 aromatic carbocycles. The van der Waals surface area contributed by atoms with Crippen LogP contribution in [0.4, 0.5) is 4.39 Å². The smallest absolute Gasteiger partial charge is 0.257 e. The van der Waals surface area contributed by atoms with Gasteiger partial charge in [0.05, 0.1) is 10.0 Å². The number of nitrogens with zero attached hydrogens (tertiary/aromatic N) is 1. The minimum absolute atomic E-state index is 0.145. The van der Waals surface area contributed by atoms with Crippen molar-refractivity contribution >= 4 is 21.8 Å². The summed E-state index contributed by atoms with van der Waals surface area (Å²) in [6.07, 6.45) is 1.76. The number of hydrogen-bond acceptors (Lipinski definition) is 1. The van der Waals surface area contributed by atoms with Crippen molar-refractivity contribution in [2.24, 2.45) is 5.92 Å². The second kappa shape index (κ2) is 7.77. The molecule has 1 aromatic rings. The average Bonchev–Trinajstić information content (AvgIpc) is 2.41. The number of halogens is 2. The minimum atomic E-state index is -0.475. The lowest BCUT2D eigenvalue weighted by Crippen LogP contribution is -2.42. The van der Waals surface area contributed by atoms with E-state index in [1.165, 1.54) is 0 Å². The van der Waals surface area contributed by atoms with Crippen LogP contribution >= 0.6 is 15.9 Å². The molecule has 20 heavy (non-hydrogen) atoms. The van der Waals surface area contributed by atoms with Gasteiger partial charge in [0.1, 0.15) is 5.82 Å². The standard InChI is InChI=1S/C16H23BrFNO/c1-5-12(6-2)19(10-11(3)4)16(20)13-8-7-9-14(17)15(13)18/h7-9,11-12H,5-6,10H2,1-4H3. The molecule has 0 aliphatic rings. The van der Waals surface area contributed by atoms with E-state index in [2.05, 4.69) is 43.6 Å². The van der Waals surface area contributed by atoms with Crippen molar-refractivity contribution in [3.8, 4) is 0 Å². The van der Waals surface area contributed by atoms with Gasteiger partial charge in [-0.25, -0.2) is 4.39 Å². The highest BCUT2D eigenvalue weighted by molar-refractivity contribution is 9.10. The molecule has 0 spiro atoms. The van der Waals surface area contributed by atoms with Crippen LogP contribution in [0.1, 0.15) is 50.9 Å². The lowest BCUT2D eigenvalue weighted by Gasteiger charge is -2.32. The van der Waals surface area contributed by atoms with Crippen molar-refractivity contribution < 1.29 is 9.18 Å².